The molecule has 1 rings (SSSR count). The second-order valence-corrected chi connectivity index (χ2v) is 4.39. The van der Waals surface area contributed by atoms with Crippen LogP contribution in [0.25, 0.3) is 0 Å². The highest BCUT2D eigenvalue weighted by Gasteiger charge is 2.06. The lowest BCUT2D eigenvalue weighted by Crippen LogP contribution is -2.17. The maximum atomic E-state index is 3.60. The minimum absolute atomic E-state index is 0.577. The molecule has 1 aromatic carbocycles. The Morgan fingerprint density at radius 2 is 1.93 bits per heavy atom. The molecule has 1 N–H and O–H groups in total. The van der Waals surface area contributed by atoms with E-state index >= 15 is 0 Å². The van der Waals surface area contributed by atoms with Gasteiger partial charge in [0.15, 0.2) is 0 Å². The number of hydrogen-bond donors (Lipinski definition) is 1. The van der Waals surface area contributed by atoms with Crippen molar-refractivity contribution < 1.29 is 0 Å². The molecule has 78 valence electrons. The maximum absolute atomic E-state index is 3.60. The Bertz CT molecular complexity index is 292. The van der Waals surface area contributed by atoms with Crippen LogP contribution in [0.3, 0.4) is 0 Å². The number of halogens is 1. The highest BCUT2D eigenvalue weighted by atomic mass is 79.9. The fourth-order valence-electron chi connectivity index (χ4n) is 1.47. The van der Waals surface area contributed by atoms with E-state index < -0.39 is 0 Å². The Morgan fingerprint density at radius 1 is 1.29 bits per heavy atom. The summed E-state index contributed by atoms with van der Waals surface area (Å²) in [6.45, 7) is 6.54. The first-order valence-corrected chi connectivity index (χ1v) is 6.00. The van der Waals surface area contributed by atoms with Crippen LogP contribution in [0.5, 0.6) is 0 Å². The standard InChI is InChI=1S/C12H18BrN/c1-4-10(5-2)14-11-8-6-7-9(3)12(11)13/h6-8,10,14H,4-5H2,1-3H3. The predicted molar refractivity (Wildman–Crippen MR) is 66.9 cm³/mol. The van der Waals surface area contributed by atoms with Gasteiger partial charge in [-0.05, 0) is 47.3 Å². The summed E-state index contributed by atoms with van der Waals surface area (Å²) < 4.78 is 1.19. The van der Waals surface area contributed by atoms with Crippen LogP contribution in [0.1, 0.15) is 32.3 Å². The molecule has 2 heteroatoms. The lowest BCUT2D eigenvalue weighted by molar-refractivity contribution is 0.671. The van der Waals surface area contributed by atoms with E-state index in [9.17, 15) is 0 Å². The van der Waals surface area contributed by atoms with Crippen molar-refractivity contribution in [3.63, 3.8) is 0 Å². The summed E-state index contributed by atoms with van der Waals surface area (Å²) in [6, 6.07) is 6.90. The van der Waals surface area contributed by atoms with E-state index in [2.05, 4.69) is 60.2 Å². The molecule has 1 aromatic rings. The van der Waals surface area contributed by atoms with Crippen molar-refractivity contribution in [2.75, 3.05) is 5.32 Å². The number of anilines is 1. The number of aryl methyl sites for hydroxylation is 1. The third-order valence-corrected chi connectivity index (χ3v) is 3.59. The van der Waals surface area contributed by atoms with E-state index in [1.54, 1.807) is 0 Å². The average molecular weight is 256 g/mol. The number of nitrogens with one attached hydrogen (secondary N) is 1. The lowest BCUT2D eigenvalue weighted by Gasteiger charge is -2.18. The quantitative estimate of drug-likeness (QED) is 0.844. The molecular formula is C12H18BrN. The van der Waals surface area contributed by atoms with Crippen molar-refractivity contribution >= 4 is 21.6 Å². The Balaban J connectivity index is 2.80. The summed E-state index contributed by atoms with van der Waals surface area (Å²) in [5, 5.41) is 3.54. The zero-order valence-corrected chi connectivity index (χ0v) is 10.7. The molecule has 14 heavy (non-hydrogen) atoms. The molecule has 0 aromatic heterocycles. The van der Waals surface area contributed by atoms with Crippen molar-refractivity contribution in [2.24, 2.45) is 0 Å². The smallest absolute Gasteiger partial charge is 0.0489 e. The van der Waals surface area contributed by atoms with Crippen molar-refractivity contribution in [1.82, 2.24) is 0 Å². The van der Waals surface area contributed by atoms with Crippen LogP contribution in [0.4, 0.5) is 5.69 Å². The summed E-state index contributed by atoms with van der Waals surface area (Å²) in [5.74, 6) is 0. The van der Waals surface area contributed by atoms with Gasteiger partial charge >= 0.3 is 0 Å². The Kier molecular flexibility index (Phi) is 4.46. The third kappa shape index (κ3) is 2.74. The number of benzene rings is 1. The number of rotatable bonds is 4. The van der Waals surface area contributed by atoms with E-state index in [1.165, 1.54) is 15.7 Å². The second-order valence-electron chi connectivity index (χ2n) is 3.59. The molecule has 0 heterocycles. The molecule has 0 fully saturated rings. The molecule has 0 bridgehead atoms. The fraction of sp³-hybridized carbons (Fsp3) is 0.500. The maximum Gasteiger partial charge on any atom is 0.0489 e. The van der Waals surface area contributed by atoms with E-state index in [0.29, 0.717) is 6.04 Å². The first kappa shape index (κ1) is 11.6. The monoisotopic (exact) mass is 255 g/mol. The molecule has 0 unspecified atom stereocenters. The Labute approximate surface area is 95.0 Å². The van der Waals surface area contributed by atoms with Crippen LogP contribution in [-0.2, 0) is 0 Å². The molecular weight excluding hydrogens is 238 g/mol. The summed E-state index contributed by atoms with van der Waals surface area (Å²) in [6.07, 6.45) is 2.33. The highest BCUT2D eigenvalue weighted by molar-refractivity contribution is 9.10. The van der Waals surface area contributed by atoms with Gasteiger partial charge in [0.25, 0.3) is 0 Å². The molecule has 1 nitrogen and oxygen atoms in total. The minimum atomic E-state index is 0.577. The molecule has 0 atom stereocenters. The van der Waals surface area contributed by atoms with Crippen LogP contribution < -0.4 is 5.32 Å². The Morgan fingerprint density at radius 3 is 2.50 bits per heavy atom. The van der Waals surface area contributed by atoms with E-state index in [4.69, 9.17) is 0 Å². The van der Waals surface area contributed by atoms with Crippen molar-refractivity contribution in [3.05, 3.63) is 28.2 Å². The molecule has 0 aliphatic carbocycles. The highest BCUT2D eigenvalue weighted by Crippen LogP contribution is 2.26. The minimum Gasteiger partial charge on any atom is -0.381 e. The molecule has 0 aliphatic heterocycles. The molecule has 0 saturated heterocycles. The van der Waals surface area contributed by atoms with Gasteiger partial charge < -0.3 is 5.32 Å². The summed E-state index contributed by atoms with van der Waals surface area (Å²) >= 11 is 3.60. The van der Waals surface area contributed by atoms with Gasteiger partial charge in [0.2, 0.25) is 0 Å². The van der Waals surface area contributed by atoms with E-state index in [-0.39, 0.29) is 0 Å². The summed E-state index contributed by atoms with van der Waals surface area (Å²) in [5.41, 5.74) is 2.49. The van der Waals surface area contributed by atoms with Crippen LogP contribution in [0.2, 0.25) is 0 Å². The van der Waals surface area contributed by atoms with E-state index in [1.807, 2.05) is 0 Å². The first-order valence-electron chi connectivity index (χ1n) is 5.20. The largest absolute Gasteiger partial charge is 0.381 e. The predicted octanol–water partition coefficient (Wildman–Crippen LogP) is 4.36. The first-order chi connectivity index (χ1) is 6.69. The van der Waals surface area contributed by atoms with Crippen LogP contribution in [0, 0.1) is 6.92 Å². The van der Waals surface area contributed by atoms with Gasteiger partial charge in [0.05, 0.1) is 0 Å². The zero-order chi connectivity index (χ0) is 10.6. The topological polar surface area (TPSA) is 12.0 Å². The van der Waals surface area contributed by atoms with Gasteiger partial charge in [-0.3, -0.25) is 0 Å². The Hall–Kier alpha value is -0.500. The molecule has 0 radical (unpaired) electrons. The van der Waals surface area contributed by atoms with Crippen molar-refractivity contribution in [3.8, 4) is 0 Å². The third-order valence-electron chi connectivity index (χ3n) is 2.54. The second kappa shape index (κ2) is 5.40. The van der Waals surface area contributed by atoms with Gasteiger partial charge in [-0.15, -0.1) is 0 Å². The summed E-state index contributed by atoms with van der Waals surface area (Å²) in [4.78, 5) is 0. The normalized spacial score (nSPS) is 10.6. The lowest BCUT2D eigenvalue weighted by atomic mass is 10.1. The molecule has 0 aliphatic rings. The van der Waals surface area contributed by atoms with Crippen LogP contribution in [0.15, 0.2) is 22.7 Å². The van der Waals surface area contributed by atoms with Crippen LogP contribution >= 0.6 is 15.9 Å². The average Bonchev–Trinajstić information content (AvgIpc) is 2.20. The SMILES string of the molecule is CCC(CC)Nc1cccc(C)c1Br. The van der Waals surface area contributed by atoms with Gasteiger partial charge in [-0.2, -0.15) is 0 Å². The van der Waals surface area contributed by atoms with Crippen molar-refractivity contribution in [2.45, 2.75) is 39.7 Å². The van der Waals surface area contributed by atoms with Crippen LogP contribution in [-0.4, -0.2) is 6.04 Å². The van der Waals surface area contributed by atoms with E-state index in [0.717, 1.165) is 12.8 Å². The van der Waals surface area contributed by atoms with Gasteiger partial charge in [0.1, 0.15) is 0 Å². The number of hydrogen-bond acceptors (Lipinski definition) is 1. The van der Waals surface area contributed by atoms with Gasteiger partial charge in [0, 0.05) is 16.2 Å². The van der Waals surface area contributed by atoms with Gasteiger partial charge in [-0.25, -0.2) is 0 Å². The summed E-state index contributed by atoms with van der Waals surface area (Å²) in [7, 11) is 0. The van der Waals surface area contributed by atoms with Gasteiger partial charge in [-0.1, -0.05) is 26.0 Å². The fourth-order valence-corrected chi connectivity index (χ4v) is 1.85. The van der Waals surface area contributed by atoms with Crippen molar-refractivity contribution in [1.29, 1.82) is 0 Å². The molecule has 0 saturated carbocycles. The molecule has 0 spiro atoms. The molecule has 0 amide bonds. The zero-order valence-electron chi connectivity index (χ0n) is 9.10.